The number of anilines is 1. The number of aromatic nitrogens is 1. The largest absolute Gasteiger partial charge is 0.481 e. The van der Waals surface area contributed by atoms with E-state index in [0.29, 0.717) is 12.5 Å². The highest BCUT2D eigenvalue weighted by atomic mass is 32.1. The molecule has 1 aromatic heterocycles. The van der Waals surface area contributed by atoms with Gasteiger partial charge in [0.05, 0.1) is 5.69 Å². The van der Waals surface area contributed by atoms with Crippen LogP contribution in [0.4, 0.5) is 5.13 Å². The maximum atomic E-state index is 11.1. The number of aliphatic carboxylic acids is 1. The lowest BCUT2D eigenvalue weighted by atomic mass is 10.1. The second-order valence-corrected chi connectivity index (χ2v) is 6.56. The second-order valence-electron chi connectivity index (χ2n) is 5.48. The molecule has 1 aromatic rings. The Hall–Kier alpha value is -1.14. The number of rotatable bonds is 3. The van der Waals surface area contributed by atoms with E-state index in [2.05, 4.69) is 22.2 Å². The molecule has 0 aromatic carbocycles. The van der Waals surface area contributed by atoms with E-state index in [4.69, 9.17) is 5.11 Å². The number of thiazole rings is 1. The summed E-state index contributed by atoms with van der Waals surface area (Å²) in [6.45, 7) is 2.22. The van der Waals surface area contributed by atoms with Crippen molar-refractivity contribution in [2.45, 2.75) is 37.6 Å². The van der Waals surface area contributed by atoms with Gasteiger partial charge in [-0.15, -0.1) is 11.3 Å². The van der Waals surface area contributed by atoms with E-state index in [0.717, 1.165) is 48.1 Å². The Kier molecular flexibility index (Phi) is 3.45. The fraction of sp³-hybridized carbons (Fsp3) is 0.692. The Morgan fingerprint density at radius 2 is 2.16 bits per heavy atom. The quantitative estimate of drug-likeness (QED) is 0.884. The fourth-order valence-electron chi connectivity index (χ4n) is 2.86. The molecule has 0 radical (unpaired) electrons. The summed E-state index contributed by atoms with van der Waals surface area (Å²) in [5.41, 5.74) is 0.799. The summed E-state index contributed by atoms with van der Waals surface area (Å²) in [4.78, 5) is 19.1. The topological polar surface area (TPSA) is 65.5 Å². The van der Waals surface area contributed by atoms with Gasteiger partial charge in [-0.05, 0) is 45.8 Å². The van der Waals surface area contributed by atoms with Crippen molar-refractivity contribution in [2.75, 3.05) is 25.5 Å². The molecule has 104 valence electrons. The van der Waals surface area contributed by atoms with Crippen LogP contribution in [0.2, 0.25) is 0 Å². The van der Waals surface area contributed by atoms with Crippen molar-refractivity contribution in [2.24, 2.45) is 0 Å². The molecule has 5 nitrogen and oxygen atoms in total. The van der Waals surface area contributed by atoms with Gasteiger partial charge in [0.2, 0.25) is 0 Å². The van der Waals surface area contributed by atoms with Gasteiger partial charge in [0, 0.05) is 10.9 Å². The van der Waals surface area contributed by atoms with E-state index >= 15 is 0 Å². The minimum atomic E-state index is -0.741. The van der Waals surface area contributed by atoms with Gasteiger partial charge < -0.3 is 15.3 Å². The number of hydrogen-bond acceptors (Lipinski definition) is 5. The summed E-state index contributed by atoms with van der Waals surface area (Å²) in [5, 5.41) is 13.5. The van der Waals surface area contributed by atoms with Gasteiger partial charge in [0.25, 0.3) is 0 Å². The first-order chi connectivity index (χ1) is 9.13. The van der Waals surface area contributed by atoms with Crippen LogP contribution in [0, 0.1) is 0 Å². The predicted octanol–water partition coefficient (Wildman–Crippen LogP) is 1.76. The molecule has 0 saturated carbocycles. The first-order valence-electron chi connectivity index (χ1n) is 6.81. The van der Waals surface area contributed by atoms with Crippen molar-refractivity contribution >= 4 is 22.4 Å². The minimum Gasteiger partial charge on any atom is -0.481 e. The zero-order valence-electron chi connectivity index (χ0n) is 11.1. The van der Waals surface area contributed by atoms with Crippen LogP contribution < -0.4 is 5.32 Å². The average molecular weight is 281 g/mol. The van der Waals surface area contributed by atoms with Crippen molar-refractivity contribution in [1.82, 2.24) is 9.88 Å². The first-order valence-corrected chi connectivity index (χ1v) is 7.62. The van der Waals surface area contributed by atoms with Crippen molar-refractivity contribution in [3.8, 4) is 0 Å². The van der Waals surface area contributed by atoms with Crippen molar-refractivity contribution < 1.29 is 9.90 Å². The molecule has 3 rings (SSSR count). The monoisotopic (exact) mass is 281 g/mol. The molecule has 1 atom stereocenters. The molecule has 2 aliphatic rings. The normalized spacial score (nSPS) is 24.4. The van der Waals surface area contributed by atoms with Gasteiger partial charge in [0.1, 0.15) is 5.92 Å². The Labute approximate surface area is 116 Å². The Morgan fingerprint density at radius 1 is 1.42 bits per heavy atom. The van der Waals surface area contributed by atoms with E-state index in [9.17, 15) is 4.79 Å². The van der Waals surface area contributed by atoms with Crippen molar-refractivity contribution in [3.05, 3.63) is 10.6 Å². The van der Waals surface area contributed by atoms with E-state index in [1.807, 2.05) is 0 Å². The molecule has 1 fully saturated rings. The van der Waals surface area contributed by atoms with Gasteiger partial charge >= 0.3 is 5.97 Å². The fourth-order valence-corrected chi connectivity index (χ4v) is 3.97. The van der Waals surface area contributed by atoms with Gasteiger partial charge in [-0.3, -0.25) is 4.79 Å². The van der Waals surface area contributed by atoms with Crippen LogP contribution in [0.1, 0.15) is 35.8 Å². The van der Waals surface area contributed by atoms with Crippen LogP contribution in [0.3, 0.4) is 0 Å². The highest BCUT2D eigenvalue weighted by Crippen LogP contribution is 2.38. The summed E-state index contributed by atoms with van der Waals surface area (Å²) < 4.78 is 0. The molecule has 2 heterocycles. The molecule has 1 aliphatic heterocycles. The Bertz CT molecular complexity index is 480. The molecule has 0 spiro atoms. The maximum absolute atomic E-state index is 11.1. The molecule has 19 heavy (non-hydrogen) atoms. The summed E-state index contributed by atoms with van der Waals surface area (Å²) in [6, 6.07) is 0.478. The number of carboxylic acids is 1. The van der Waals surface area contributed by atoms with E-state index in [1.54, 1.807) is 11.3 Å². The van der Waals surface area contributed by atoms with Crippen LogP contribution in [0.5, 0.6) is 0 Å². The third kappa shape index (κ3) is 2.60. The Balaban J connectivity index is 1.67. The molecule has 2 N–H and O–H groups in total. The average Bonchev–Trinajstić information content (AvgIpc) is 2.91. The lowest BCUT2D eigenvalue weighted by Gasteiger charge is -2.29. The zero-order valence-corrected chi connectivity index (χ0v) is 11.9. The SMILES string of the molecule is CN1CCC(Nc2nc3c(s2)CCC3C(=O)O)CC1. The highest BCUT2D eigenvalue weighted by Gasteiger charge is 2.32. The highest BCUT2D eigenvalue weighted by molar-refractivity contribution is 7.15. The number of aryl methyl sites for hydroxylation is 1. The Morgan fingerprint density at radius 3 is 2.84 bits per heavy atom. The van der Waals surface area contributed by atoms with E-state index in [1.165, 1.54) is 0 Å². The number of carboxylic acid groups (broad SMARTS) is 1. The second kappa shape index (κ2) is 5.09. The molecule has 1 aliphatic carbocycles. The van der Waals surface area contributed by atoms with Crippen LogP contribution in [-0.2, 0) is 11.2 Å². The van der Waals surface area contributed by atoms with E-state index < -0.39 is 5.97 Å². The smallest absolute Gasteiger partial charge is 0.312 e. The summed E-state index contributed by atoms with van der Waals surface area (Å²) in [5.74, 6) is -1.13. The van der Waals surface area contributed by atoms with E-state index in [-0.39, 0.29) is 5.92 Å². The third-order valence-corrected chi connectivity index (χ3v) is 5.12. The lowest BCUT2D eigenvalue weighted by molar-refractivity contribution is -0.138. The number of fused-ring (bicyclic) bond motifs is 1. The minimum absolute atomic E-state index is 0.390. The van der Waals surface area contributed by atoms with Crippen LogP contribution in [0.15, 0.2) is 0 Å². The number of likely N-dealkylation sites (tertiary alicyclic amines) is 1. The summed E-state index contributed by atoms with van der Waals surface area (Å²) in [6.07, 6.45) is 3.82. The van der Waals surface area contributed by atoms with Gasteiger partial charge in [0.15, 0.2) is 5.13 Å². The molecule has 0 amide bonds. The summed E-state index contributed by atoms with van der Waals surface area (Å²) in [7, 11) is 2.14. The maximum Gasteiger partial charge on any atom is 0.312 e. The number of piperidine rings is 1. The van der Waals surface area contributed by atoms with Crippen LogP contribution in [-0.4, -0.2) is 47.1 Å². The predicted molar refractivity (Wildman–Crippen MR) is 75.0 cm³/mol. The molecular formula is C13H19N3O2S. The molecular weight excluding hydrogens is 262 g/mol. The third-order valence-electron chi connectivity index (χ3n) is 4.06. The zero-order chi connectivity index (χ0) is 13.4. The van der Waals surface area contributed by atoms with Gasteiger partial charge in [-0.25, -0.2) is 4.98 Å². The van der Waals surface area contributed by atoms with Gasteiger partial charge in [-0.1, -0.05) is 0 Å². The van der Waals surface area contributed by atoms with Crippen molar-refractivity contribution in [3.63, 3.8) is 0 Å². The summed E-state index contributed by atoms with van der Waals surface area (Å²) >= 11 is 1.64. The van der Waals surface area contributed by atoms with Gasteiger partial charge in [-0.2, -0.15) is 0 Å². The number of nitrogens with one attached hydrogen (secondary N) is 1. The molecule has 6 heteroatoms. The molecule has 0 bridgehead atoms. The number of hydrogen-bond donors (Lipinski definition) is 2. The first kappa shape index (κ1) is 12.9. The molecule has 1 saturated heterocycles. The number of carbonyl (C=O) groups is 1. The standard InChI is InChI=1S/C13H19N3O2S/c1-16-6-4-8(5-7-16)14-13-15-11-9(12(17)18)2-3-10(11)19-13/h8-9H,2-7H2,1H3,(H,14,15)(H,17,18). The van der Waals surface area contributed by atoms with Crippen molar-refractivity contribution in [1.29, 1.82) is 0 Å². The molecule has 1 unspecified atom stereocenters. The van der Waals surface area contributed by atoms with Crippen LogP contribution in [0.25, 0.3) is 0 Å². The lowest BCUT2D eigenvalue weighted by Crippen LogP contribution is -2.36. The van der Waals surface area contributed by atoms with Crippen LogP contribution >= 0.6 is 11.3 Å². The number of nitrogens with zero attached hydrogens (tertiary/aromatic N) is 2.